The summed E-state index contributed by atoms with van der Waals surface area (Å²) in [7, 11) is 1.88. The Kier molecular flexibility index (Phi) is 2.64. The van der Waals surface area contributed by atoms with Crippen molar-refractivity contribution in [3.05, 3.63) is 53.9 Å². The number of para-hydroxylation sites is 1. The molecule has 2 aromatic heterocycles. The summed E-state index contributed by atoms with van der Waals surface area (Å²) in [6.45, 7) is 0. The van der Waals surface area contributed by atoms with E-state index in [1.54, 1.807) is 15.6 Å². The number of aryl methyl sites for hydroxylation is 1. The predicted molar refractivity (Wildman–Crippen MR) is 70.8 cm³/mol. The quantitative estimate of drug-likeness (QED) is 0.709. The molecule has 0 unspecified atom stereocenters. The molecule has 0 aliphatic carbocycles. The lowest BCUT2D eigenvalue weighted by Gasteiger charge is -1.99. The summed E-state index contributed by atoms with van der Waals surface area (Å²) in [5.74, 6) is 0. The predicted octanol–water partition coefficient (Wildman–Crippen LogP) is 2.93. The molecule has 18 heavy (non-hydrogen) atoms. The van der Waals surface area contributed by atoms with Crippen molar-refractivity contribution >= 4 is 11.6 Å². The first-order chi connectivity index (χ1) is 8.75. The van der Waals surface area contributed by atoms with Crippen LogP contribution in [-0.2, 0) is 7.05 Å². The van der Waals surface area contributed by atoms with E-state index in [9.17, 15) is 0 Å². The molecule has 90 valence electrons. The van der Waals surface area contributed by atoms with Crippen molar-refractivity contribution in [1.29, 1.82) is 0 Å². The monoisotopic (exact) mass is 258 g/mol. The largest absolute Gasteiger partial charge is 0.268 e. The summed E-state index contributed by atoms with van der Waals surface area (Å²) in [6, 6.07) is 11.8. The van der Waals surface area contributed by atoms with Crippen molar-refractivity contribution in [2.75, 3.05) is 0 Å². The summed E-state index contributed by atoms with van der Waals surface area (Å²) in [5, 5.41) is 8.93. The third kappa shape index (κ3) is 1.80. The zero-order chi connectivity index (χ0) is 12.5. The van der Waals surface area contributed by atoms with E-state index in [2.05, 4.69) is 10.2 Å². The molecule has 5 heteroatoms. The maximum Gasteiger partial charge on any atom is 0.160 e. The number of rotatable bonds is 2. The molecule has 0 amide bonds. The van der Waals surface area contributed by atoms with Crippen LogP contribution in [0.15, 0.2) is 48.8 Å². The number of halogens is 1. The number of benzene rings is 1. The molecular formula is C13H11ClN4. The lowest BCUT2D eigenvalue weighted by molar-refractivity contribution is 0.776. The normalized spacial score (nSPS) is 10.8. The van der Waals surface area contributed by atoms with Crippen LogP contribution in [0.5, 0.6) is 0 Å². The van der Waals surface area contributed by atoms with E-state index in [-0.39, 0.29) is 0 Å². The lowest BCUT2D eigenvalue weighted by atomic mass is 10.2. The Labute approximate surface area is 109 Å². The van der Waals surface area contributed by atoms with Crippen LogP contribution in [-0.4, -0.2) is 19.6 Å². The molecule has 0 aliphatic rings. The van der Waals surface area contributed by atoms with Crippen molar-refractivity contribution in [3.8, 4) is 16.9 Å². The summed E-state index contributed by atoms with van der Waals surface area (Å²) >= 11 is 6.19. The summed E-state index contributed by atoms with van der Waals surface area (Å²) < 4.78 is 3.54. The van der Waals surface area contributed by atoms with Gasteiger partial charge in [0.25, 0.3) is 0 Å². The zero-order valence-corrected chi connectivity index (χ0v) is 10.5. The van der Waals surface area contributed by atoms with Gasteiger partial charge in [-0.15, -0.1) is 0 Å². The highest BCUT2D eigenvalue weighted by Gasteiger charge is 2.12. The standard InChI is InChI=1S/C13H11ClN4/c1-17-12(7-8-15-17)11-9-18(16-13(11)14)10-5-3-2-4-6-10/h2-9H,1H3. The van der Waals surface area contributed by atoms with Crippen LogP contribution in [0, 0.1) is 0 Å². The Hall–Kier alpha value is -2.07. The van der Waals surface area contributed by atoms with Gasteiger partial charge < -0.3 is 0 Å². The molecule has 1 aromatic carbocycles. The summed E-state index contributed by atoms with van der Waals surface area (Å²) in [4.78, 5) is 0. The van der Waals surface area contributed by atoms with E-state index in [0.29, 0.717) is 5.15 Å². The second kappa shape index (κ2) is 4.31. The number of nitrogens with zero attached hydrogens (tertiary/aromatic N) is 4. The highest BCUT2D eigenvalue weighted by atomic mass is 35.5. The van der Waals surface area contributed by atoms with Gasteiger partial charge in [0.05, 0.1) is 16.9 Å². The van der Waals surface area contributed by atoms with Crippen molar-refractivity contribution in [3.63, 3.8) is 0 Å². The van der Waals surface area contributed by atoms with Crippen LogP contribution in [0.3, 0.4) is 0 Å². The van der Waals surface area contributed by atoms with Gasteiger partial charge in [0.2, 0.25) is 0 Å². The minimum Gasteiger partial charge on any atom is -0.268 e. The molecule has 3 aromatic rings. The van der Waals surface area contributed by atoms with Gasteiger partial charge >= 0.3 is 0 Å². The smallest absolute Gasteiger partial charge is 0.160 e. The number of aromatic nitrogens is 4. The Balaban J connectivity index is 2.10. The van der Waals surface area contributed by atoms with Crippen molar-refractivity contribution in [1.82, 2.24) is 19.6 Å². The molecule has 0 aliphatic heterocycles. The van der Waals surface area contributed by atoms with Crippen LogP contribution >= 0.6 is 11.6 Å². The molecule has 0 atom stereocenters. The van der Waals surface area contributed by atoms with Crippen molar-refractivity contribution in [2.24, 2.45) is 7.05 Å². The third-order valence-corrected chi connectivity index (χ3v) is 3.07. The van der Waals surface area contributed by atoms with E-state index in [1.807, 2.05) is 49.6 Å². The van der Waals surface area contributed by atoms with Crippen LogP contribution in [0.4, 0.5) is 0 Å². The molecule has 0 bridgehead atoms. The fraction of sp³-hybridized carbons (Fsp3) is 0.0769. The van der Waals surface area contributed by atoms with Crippen LogP contribution < -0.4 is 0 Å². The van der Waals surface area contributed by atoms with Gasteiger partial charge in [-0.2, -0.15) is 10.2 Å². The molecule has 2 heterocycles. The van der Waals surface area contributed by atoms with Gasteiger partial charge in [-0.25, -0.2) is 4.68 Å². The second-order valence-corrected chi connectivity index (χ2v) is 4.31. The highest BCUT2D eigenvalue weighted by Crippen LogP contribution is 2.27. The molecule has 0 saturated heterocycles. The molecule has 0 N–H and O–H groups in total. The summed E-state index contributed by atoms with van der Waals surface area (Å²) in [6.07, 6.45) is 3.65. The minimum atomic E-state index is 0.474. The van der Waals surface area contributed by atoms with Crippen LogP contribution in [0.25, 0.3) is 16.9 Å². The van der Waals surface area contributed by atoms with E-state index < -0.39 is 0 Å². The van der Waals surface area contributed by atoms with Gasteiger partial charge in [0.1, 0.15) is 0 Å². The molecule has 0 saturated carbocycles. The Bertz CT molecular complexity index is 669. The third-order valence-electron chi connectivity index (χ3n) is 2.79. The molecule has 0 spiro atoms. The Morgan fingerprint density at radius 2 is 1.89 bits per heavy atom. The minimum absolute atomic E-state index is 0.474. The number of hydrogen-bond donors (Lipinski definition) is 0. The average molecular weight is 259 g/mol. The molecular weight excluding hydrogens is 248 g/mol. The first-order valence-electron chi connectivity index (χ1n) is 5.54. The van der Waals surface area contributed by atoms with Crippen molar-refractivity contribution in [2.45, 2.75) is 0 Å². The van der Waals surface area contributed by atoms with Gasteiger partial charge in [0, 0.05) is 19.4 Å². The van der Waals surface area contributed by atoms with E-state index in [4.69, 9.17) is 11.6 Å². The fourth-order valence-electron chi connectivity index (χ4n) is 1.88. The van der Waals surface area contributed by atoms with E-state index in [0.717, 1.165) is 16.9 Å². The van der Waals surface area contributed by atoms with Crippen LogP contribution in [0.2, 0.25) is 5.15 Å². The molecule has 4 nitrogen and oxygen atoms in total. The van der Waals surface area contributed by atoms with Gasteiger partial charge in [-0.05, 0) is 18.2 Å². The van der Waals surface area contributed by atoms with Gasteiger partial charge in [-0.1, -0.05) is 29.8 Å². The fourth-order valence-corrected chi connectivity index (χ4v) is 2.10. The molecule has 3 rings (SSSR count). The molecule has 0 fully saturated rings. The maximum absolute atomic E-state index is 6.19. The highest BCUT2D eigenvalue weighted by molar-refractivity contribution is 6.32. The zero-order valence-electron chi connectivity index (χ0n) is 9.79. The van der Waals surface area contributed by atoms with Crippen LogP contribution in [0.1, 0.15) is 0 Å². The maximum atomic E-state index is 6.19. The number of hydrogen-bond acceptors (Lipinski definition) is 2. The molecule has 0 radical (unpaired) electrons. The second-order valence-electron chi connectivity index (χ2n) is 3.95. The van der Waals surface area contributed by atoms with E-state index in [1.165, 1.54) is 0 Å². The SMILES string of the molecule is Cn1nccc1-c1cn(-c2ccccc2)nc1Cl. The van der Waals surface area contributed by atoms with Crippen molar-refractivity contribution < 1.29 is 0 Å². The Morgan fingerprint density at radius 1 is 1.11 bits per heavy atom. The van der Waals surface area contributed by atoms with E-state index >= 15 is 0 Å². The average Bonchev–Trinajstić information content (AvgIpc) is 2.96. The first kappa shape index (κ1) is 11.0. The first-order valence-corrected chi connectivity index (χ1v) is 5.92. The summed E-state index contributed by atoms with van der Waals surface area (Å²) in [5.41, 5.74) is 2.80. The Morgan fingerprint density at radius 3 is 2.56 bits per heavy atom. The van der Waals surface area contributed by atoms with Gasteiger partial charge in [0.15, 0.2) is 5.15 Å². The van der Waals surface area contributed by atoms with Gasteiger partial charge in [-0.3, -0.25) is 4.68 Å². The lowest BCUT2D eigenvalue weighted by Crippen LogP contribution is -1.93. The topological polar surface area (TPSA) is 35.6 Å².